The molecule has 0 radical (unpaired) electrons. The van der Waals surface area contributed by atoms with Gasteiger partial charge in [0.25, 0.3) is 0 Å². The zero-order chi connectivity index (χ0) is 30.4. The van der Waals surface area contributed by atoms with E-state index >= 15 is 0 Å². The van der Waals surface area contributed by atoms with Gasteiger partial charge in [-0.2, -0.15) is 0 Å². The number of aliphatic hydroxyl groups is 1. The number of Topliss-reactive ketones (excluding diaryl/α,β-unsaturated/α-hetero) is 1. The zero-order valence-corrected chi connectivity index (χ0v) is 18.6. The second-order valence-electron chi connectivity index (χ2n) is 7.95. The number of carbonyl (C=O) groups is 2. The van der Waals surface area contributed by atoms with Crippen molar-refractivity contribution in [2.45, 2.75) is 109 Å². The third-order valence-electron chi connectivity index (χ3n) is 4.76. The number of allylic oxidation sites excluding steroid dienone is 2. The summed E-state index contributed by atoms with van der Waals surface area (Å²) in [4.78, 5) is 23.7. The van der Waals surface area contributed by atoms with Crippen molar-refractivity contribution in [3.63, 3.8) is 0 Å². The topological polar surface area (TPSA) is 77.4 Å². The highest BCUT2D eigenvalue weighted by atomic mass is 16.4. The van der Waals surface area contributed by atoms with Crippen molar-refractivity contribution in [3.05, 3.63) is 12.2 Å². The van der Waals surface area contributed by atoms with Gasteiger partial charge in [0, 0.05) is 18.8 Å². The van der Waals surface area contributed by atoms with Crippen molar-refractivity contribution < 1.29 is 36.6 Å². The molecule has 0 amide bonds. The lowest BCUT2D eigenvalue weighted by Gasteiger charge is -2.31. The summed E-state index contributed by atoms with van der Waals surface area (Å²) in [6, 6.07) is 0. The molecular formula is C25H47NO4. The van der Waals surface area contributed by atoms with E-state index < -0.39 is 55.7 Å². The van der Waals surface area contributed by atoms with Crippen molar-refractivity contribution in [3.8, 4) is 0 Å². The predicted molar refractivity (Wildman–Crippen MR) is 122 cm³/mol. The minimum absolute atomic E-state index is 0.211. The molecule has 0 saturated heterocycles. The van der Waals surface area contributed by atoms with Gasteiger partial charge in [-0.05, 0) is 32.1 Å². The van der Waals surface area contributed by atoms with Crippen LogP contribution in [0.4, 0.5) is 0 Å². The van der Waals surface area contributed by atoms with Gasteiger partial charge in [0.05, 0.1) is 26.3 Å². The number of ketones is 1. The first-order valence-corrected chi connectivity index (χ1v) is 11.3. The Morgan fingerprint density at radius 2 is 1.53 bits per heavy atom. The van der Waals surface area contributed by atoms with Crippen LogP contribution >= 0.6 is 0 Å². The summed E-state index contributed by atoms with van der Waals surface area (Å²) in [6.07, 6.45) is 12.2. The van der Waals surface area contributed by atoms with Crippen molar-refractivity contribution in [1.29, 1.82) is 0 Å². The van der Waals surface area contributed by atoms with Crippen LogP contribution in [0.2, 0.25) is 0 Å². The van der Waals surface area contributed by atoms with Crippen LogP contribution < -0.4 is 5.11 Å². The van der Waals surface area contributed by atoms with Crippen molar-refractivity contribution in [2.75, 3.05) is 27.0 Å². The molecule has 0 aliphatic rings. The third kappa shape index (κ3) is 20.1. The standard InChI is InChI=1S/C25H47NO4/c1-4-5-6-7-8-9-10-11-12-13-14-15-16-17-18-19-23(27)21-26(2,3)22-24(28)20-25(29)30/h11-12,24,28H,4-10,13-22H2,1-3H3/b12-11-/t24-/m1/s1/i2D3,3D3,22D2,24D. The molecule has 0 rings (SSSR count). The molecule has 0 unspecified atom stereocenters. The zero-order valence-electron chi connectivity index (χ0n) is 27.6. The molecule has 1 N–H and O–H groups in total. The van der Waals surface area contributed by atoms with Crippen LogP contribution in [-0.4, -0.2) is 54.4 Å². The van der Waals surface area contributed by atoms with Gasteiger partial charge in [0.2, 0.25) is 0 Å². The summed E-state index contributed by atoms with van der Waals surface area (Å²) < 4.78 is 68.2. The molecule has 0 aliphatic carbocycles. The largest absolute Gasteiger partial charge is 0.550 e. The average molecular weight is 435 g/mol. The summed E-state index contributed by atoms with van der Waals surface area (Å²) in [5, 5.41) is 21.2. The van der Waals surface area contributed by atoms with Crippen molar-refractivity contribution >= 4 is 11.8 Å². The van der Waals surface area contributed by atoms with Crippen molar-refractivity contribution in [1.82, 2.24) is 0 Å². The minimum Gasteiger partial charge on any atom is -0.550 e. The molecule has 0 saturated carbocycles. The highest BCUT2D eigenvalue weighted by Crippen LogP contribution is 2.11. The lowest BCUT2D eigenvalue weighted by molar-refractivity contribution is -0.885. The normalized spacial score (nSPS) is 19.9. The van der Waals surface area contributed by atoms with Crippen LogP contribution in [0.25, 0.3) is 0 Å². The fourth-order valence-electron chi connectivity index (χ4n) is 3.17. The molecule has 0 heterocycles. The van der Waals surface area contributed by atoms with E-state index in [1.807, 2.05) is 0 Å². The molecule has 0 fully saturated rings. The number of unbranched alkanes of at least 4 members (excludes halogenated alkanes) is 11. The number of carboxylic acids is 1. The number of quaternary nitrogens is 1. The highest BCUT2D eigenvalue weighted by molar-refractivity contribution is 5.79. The van der Waals surface area contributed by atoms with Gasteiger partial charge in [-0.25, -0.2) is 0 Å². The minimum atomic E-state index is -3.89. The molecule has 0 bridgehead atoms. The first-order chi connectivity index (χ1) is 17.9. The number of nitrogens with zero attached hydrogens (tertiary/aromatic N) is 1. The summed E-state index contributed by atoms with van der Waals surface area (Å²) in [7, 11) is 0. The van der Waals surface area contributed by atoms with E-state index in [2.05, 4.69) is 19.1 Å². The van der Waals surface area contributed by atoms with E-state index in [0.29, 0.717) is 12.8 Å². The van der Waals surface area contributed by atoms with E-state index in [9.17, 15) is 19.8 Å². The fraction of sp³-hybridized carbons (Fsp3) is 0.840. The van der Waals surface area contributed by atoms with Gasteiger partial charge in [-0.15, -0.1) is 0 Å². The van der Waals surface area contributed by atoms with Gasteiger partial charge >= 0.3 is 0 Å². The van der Waals surface area contributed by atoms with Gasteiger partial charge < -0.3 is 19.5 Å². The molecule has 0 aromatic carbocycles. The third-order valence-corrected chi connectivity index (χ3v) is 4.76. The molecule has 0 aromatic rings. The Morgan fingerprint density at radius 3 is 2.07 bits per heavy atom. The number of rotatable bonds is 21. The molecule has 30 heavy (non-hydrogen) atoms. The predicted octanol–water partition coefficient (Wildman–Crippen LogP) is 4.17. The number of carboxylic acid groups (broad SMARTS) is 1. The quantitative estimate of drug-likeness (QED) is 0.167. The molecule has 0 aromatic heterocycles. The molecule has 5 heteroatoms. The van der Waals surface area contributed by atoms with E-state index in [0.717, 1.165) is 32.1 Å². The Labute approximate surface area is 197 Å². The summed E-state index contributed by atoms with van der Waals surface area (Å²) >= 11 is 0. The molecule has 5 nitrogen and oxygen atoms in total. The van der Waals surface area contributed by atoms with Crippen molar-refractivity contribution in [2.24, 2.45) is 0 Å². The second-order valence-corrected chi connectivity index (χ2v) is 7.95. The Hall–Kier alpha value is -1.20. The van der Waals surface area contributed by atoms with Gasteiger partial charge in [0.1, 0.15) is 19.1 Å². The summed E-state index contributed by atoms with van der Waals surface area (Å²) in [6.45, 7) is -10.5. The number of hydrogen-bond donors (Lipinski definition) is 1. The van der Waals surface area contributed by atoms with Crippen LogP contribution in [0.15, 0.2) is 12.2 Å². The Balaban J connectivity index is 4.87. The molecule has 0 spiro atoms. The van der Waals surface area contributed by atoms with Crippen LogP contribution in [0.3, 0.4) is 0 Å². The van der Waals surface area contributed by atoms with E-state index in [-0.39, 0.29) is 6.42 Å². The van der Waals surface area contributed by atoms with Crippen LogP contribution in [0, 0.1) is 0 Å². The summed E-state index contributed by atoms with van der Waals surface area (Å²) in [5.74, 6) is -2.95. The first kappa shape index (κ1) is 16.4. The van der Waals surface area contributed by atoms with Gasteiger partial charge in [-0.1, -0.05) is 70.4 Å². The Bertz CT molecular complexity index is 752. The molecule has 1 atom stereocenters. The lowest BCUT2D eigenvalue weighted by Crippen LogP contribution is -2.49. The number of hydrogen-bond acceptors (Lipinski definition) is 4. The number of likely N-dealkylation sites (N-methyl/N-ethyl adjacent to an activating group) is 1. The van der Waals surface area contributed by atoms with Crippen LogP contribution in [-0.2, 0) is 9.59 Å². The second kappa shape index (κ2) is 18.6. The Kier molecular flexibility index (Phi) is 10.2. The van der Waals surface area contributed by atoms with E-state index in [1.54, 1.807) is 0 Å². The first-order valence-electron chi connectivity index (χ1n) is 15.8. The Morgan fingerprint density at radius 1 is 1.00 bits per heavy atom. The molecule has 0 aliphatic heterocycles. The maximum absolute atomic E-state index is 12.7. The smallest absolute Gasteiger partial charge is 0.186 e. The number of carbonyl (C=O) groups excluding carboxylic acids is 2. The van der Waals surface area contributed by atoms with E-state index in [4.69, 9.17) is 12.3 Å². The maximum Gasteiger partial charge on any atom is 0.186 e. The van der Waals surface area contributed by atoms with Crippen LogP contribution in [0.5, 0.6) is 0 Å². The maximum atomic E-state index is 12.7. The SMILES string of the molecule is [2H]C([2H])([2H])[N+](CC(=O)CCCCCCC/C=C\CCCCCCCC)(C([2H])([2H])[2H])C([2H])([2H])[C@]([2H])(O)CC(=O)[O-]. The monoisotopic (exact) mass is 434 g/mol. The van der Waals surface area contributed by atoms with Gasteiger partial charge in [0.15, 0.2) is 5.78 Å². The number of aliphatic carboxylic acids is 1. The average Bonchev–Trinajstić information content (AvgIpc) is 2.77. The highest BCUT2D eigenvalue weighted by Gasteiger charge is 2.23. The van der Waals surface area contributed by atoms with E-state index in [1.165, 1.54) is 38.5 Å². The molecule has 176 valence electrons. The molecular weight excluding hydrogens is 378 g/mol. The lowest BCUT2D eigenvalue weighted by atomic mass is 10.1. The summed E-state index contributed by atoms with van der Waals surface area (Å²) in [5.41, 5.74) is 0. The van der Waals surface area contributed by atoms with Gasteiger partial charge in [-0.3, -0.25) is 4.79 Å². The fourth-order valence-corrected chi connectivity index (χ4v) is 3.17. The van der Waals surface area contributed by atoms with Crippen LogP contribution in [0.1, 0.15) is 116 Å².